The van der Waals surface area contributed by atoms with Crippen LogP contribution in [0.2, 0.25) is 0 Å². The lowest BCUT2D eigenvalue weighted by Gasteiger charge is -2.37. The van der Waals surface area contributed by atoms with Crippen LogP contribution in [-0.4, -0.2) is 23.6 Å². The van der Waals surface area contributed by atoms with Crippen LogP contribution in [0.25, 0.3) is 0 Å². The van der Waals surface area contributed by atoms with Gasteiger partial charge in [-0.25, -0.2) is 0 Å². The van der Waals surface area contributed by atoms with Crippen molar-refractivity contribution in [3.63, 3.8) is 0 Å². The summed E-state index contributed by atoms with van der Waals surface area (Å²) in [5.74, 6) is 0. The summed E-state index contributed by atoms with van der Waals surface area (Å²) in [6.45, 7) is 14.6. The Morgan fingerprint density at radius 2 is 1.05 bits per heavy atom. The molecule has 0 aliphatic rings. The van der Waals surface area contributed by atoms with Gasteiger partial charge in [0.1, 0.15) is 0 Å². The predicted molar refractivity (Wildman–Crippen MR) is 102 cm³/mol. The smallest absolute Gasteiger partial charge is 0.0199 e. The Balaban J connectivity index is 4.68. The lowest BCUT2D eigenvalue weighted by molar-refractivity contribution is 0.763. The molecule has 2 unspecified atom stereocenters. The molecule has 0 heterocycles. The molecule has 0 N–H and O–H groups in total. The van der Waals surface area contributed by atoms with Gasteiger partial charge in [0.05, 0.1) is 0 Å². The maximum atomic E-state index is 2.55. The first-order valence-electron chi connectivity index (χ1n) is 9.15. The molecule has 122 valence electrons. The molecule has 2 atom stereocenters. The molecule has 0 aromatic rings. The van der Waals surface area contributed by atoms with Gasteiger partial charge < -0.3 is 0 Å². The number of hydrogen-bond donors (Lipinski definition) is 0. The van der Waals surface area contributed by atoms with E-state index in [4.69, 9.17) is 0 Å². The SMILES string of the molecule is CCCCCP(CCCCC)P(C(C)CC)C(C)CC. The third kappa shape index (κ3) is 8.34. The maximum Gasteiger partial charge on any atom is -0.0199 e. The molecule has 0 aliphatic heterocycles. The summed E-state index contributed by atoms with van der Waals surface area (Å²) in [7, 11) is 0.612. The Morgan fingerprint density at radius 3 is 1.35 bits per heavy atom. The topological polar surface area (TPSA) is 0 Å². The molecule has 0 aromatic carbocycles. The summed E-state index contributed by atoms with van der Waals surface area (Å²) in [4.78, 5) is 0. The van der Waals surface area contributed by atoms with E-state index in [2.05, 4.69) is 41.5 Å². The average Bonchev–Trinajstić information content (AvgIpc) is 2.46. The number of rotatable bonds is 13. The molecule has 0 amide bonds. The fourth-order valence-corrected chi connectivity index (χ4v) is 14.0. The van der Waals surface area contributed by atoms with Crippen molar-refractivity contribution in [1.82, 2.24) is 0 Å². The molecule has 0 fully saturated rings. The van der Waals surface area contributed by atoms with Gasteiger partial charge in [0, 0.05) is 0 Å². The number of hydrogen-bond acceptors (Lipinski definition) is 0. The number of unbranched alkanes of at least 4 members (excludes halogenated alkanes) is 4. The van der Waals surface area contributed by atoms with Gasteiger partial charge in [0.25, 0.3) is 0 Å². The van der Waals surface area contributed by atoms with E-state index in [1.807, 2.05) is 0 Å². The first-order chi connectivity index (χ1) is 9.62. The highest BCUT2D eigenvalue weighted by atomic mass is 32.1. The average molecular weight is 318 g/mol. The Kier molecular flexibility index (Phi) is 14.1. The van der Waals surface area contributed by atoms with Crippen LogP contribution in [0.5, 0.6) is 0 Å². The van der Waals surface area contributed by atoms with Crippen LogP contribution in [0.3, 0.4) is 0 Å². The van der Waals surface area contributed by atoms with Gasteiger partial charge in [-0.3, -0.25) is 0 Å². The van der Waals surface area contributed by atoms with E-state index >= 15 is 0 Å². The van der Waals surface area contributed by atoms with Crippen LogP contribution in [0, 0.1) is 0 Å². The molecule has 0 spiro atoms. The Labute approximate surface area is 132 Å². The fourth-order valence-electron chi connectivity index (χ4n) is 2.80. The monoisotopic (exact) mass is 318 g/mol. The highest BCUT2D eigenvalue weighted by Gasteiger charge is 2.28. The zero-order valence-corrected chi connectivity index (χ0v) is 16.9. The quantitative estimate of drug-likeness (QED) is 0.239. The molecule has 0 saturated heterocycles. The van der Waals surface area contributed by atoms with Crippen LogP contribution in [0.4, 0.5) is 0 Å². The molecular formula is C18H40P2. The largest absolute Gasteiger partial charge is 0.0805 e. The first kappa shape index (κ1) is 20.9. The summed E-state index contributed by atoms with van der Waals surface area (Å²) < 4.78 is 0. The Morgan fingerprint density at radius 1 is 0.650 bits per heavy atom. The van der Waals surface area contributed by atoms with Crippen LogP contribution in [0.15, 0.2) is 0 Å². The van der Waals surface area contributed by atoms with Crippen molar-refractivity contribution >= 4 is 15.2 Å². The lowest BCUT2D eigenvalue weighted by atomic mass is 10.3. The molecule has 0 aliphatic carbocycles. The molecule has 0 bridgehead atoms. The summed E-state index contributed by atoms with van der Waals surface area (Å²) in [6.07, 6.45) is 14.6. The molecule has 0 aromatic heterocycles. The molecule has 0 nitrogen and oxygen atoms in total. The Bertz CT molecular complexity index is 186. The minimum atomic E-state index is 0.285. The van der Waals surface area contributed by atoms with Gasteiger partial charge >= 0.3 is 0 Å². The van der Waals surface area contributed by atoms with Crippen molar-refractivity contribution in [2.45, 2.75) is 104 Å². The van der Waals surface area contributed by atoms with E-state index in [0.717, 1.165) is 11.3 Å². The van der Waals surface area contributed by atoms with Gasteiger partial charge in [-0.15, -0.1) is 0 Å². The molecule has 20 heavy (non-hydrogen) atoms. The van der Waals surface area contributed by atoms with Crippen molar-refractivity contribution in [1.29, 1.82) is 0 Å². The van der Waals surface area contributed by atoms with E-state index < -0.39 is 0 Å². The van der Waals surface area contributed by atoms with Gasteiger partial charge in [0.2, 0.25) is 0 Å². The normalized spacial score (nSPS) is 16.4. The second-order valence-electron chi connectivity index (χ2n) is 6.26. The molecule has 0 rings (SSSR count). The molecular weight excluding hydrogens is 278 g/mol. The third-order valence-electron chi connectivity index (χ3n) is 4.45. The van der Waals surface area contributed by atoms with Crippen molar-refractivity contribution in [3.05, 3.63) is 0 Å². The van der Waals surface area contributed by atoms with Gasteiger partial charge in [-0.1, -0.05) is 82.4 Å². The first-order valence-corrected chi connectivity index (χ1v) is 13.0. The van der Waals surface area contributed by atoms with E-state index in [1.165, 1.54) is 51.4 Å². The van der Waals surface area contributed by atoms with E-state index in [0.29, 0.717) is 7.61 Å². The lowest BCUT2D eigenvalue weighted by Crippen LogP contribution is -2.10. The summed E-state index contributed by atoms with van der Waals surface area (Å²) >= 11 is 0. The Hall–Kier alpha value is 0.860. The van der Waals surface area contributed by atoms with Gasteiger partial charge in [0.15, 0.2) is 0 Å². The van der Waals surface area contributed by atoms with Crippen molar-refractivity contribution < 1.29 is 0 Å². The fraction of sp³-hybridized carbons (Fsp3) is 1.00. The van der Waals surface area contributed by atoms with E-state index in [-0.39, 0.29) is 7.61 Å². The zero-order valence-electron chi connectivity index (χ0n) is 15.1. The van der Waals surface area contributed by atoms with Crippen molar-refractivity contribution in [3.8, 4) is 0 Å². The predicted octanol–water partition coefficient (Wildman–Crippen LogP) is 7.84. The molecule has 2 heteroatoms. The second kappa shape index (κ2) is 13.5. The van der Waals surface area contributed by atoms with Crippen molar-refractivity contribution in [2.24, 2.45) is 0 Å². The second-order valence-corrected chi connectivity index (χ2v) is 13.8. The van der Waals surface area contributed by atoms with E-state index in [9.17, 15) is 0 Å². The summed E-state index contributed by atoms with van der Waals surface area (Å²) in [6, 6.07) is 0. The van der Waals surface area contributed by atoms with Crippen LogP contribution in [-0.2, 0) is 0 Å². The zero-order chi connectivity index (χ0) is 15.4. The molecule has 0 radical (unpaired) electrons. The van der Waals surface area contributed by atoms with Crippen LogP contribution >= 0.6 is 15.2 Å². The summed E-state index contributed by atoms with van der Waals surface area (Å²) in [5, 5.41) is 0. The van der Waals surface area contributed by atoms with Crippen LogP contribution < -0.4 is 0 Å². The van der Waals surface area contributed by atoms with Crippen LogP contribution in [0.1, 0.15) is 92.9 Å². The van der Waals surface area contributed by atoms with E-state index in [1.54, 1.807) is 12.3 Å². The van der Waals surface area contributed by atoms with Gasteiger partial charge in [-0.2, -0.15) is 0 Å². The highest BCUT2D eigenvalue weighted by molar-refractivity contribution is 8.30. The minimum Gasteiger partial charge on any atom is -0.0805 e. The highest BCUT2D eigenvalue weighted by Crippen LogP contribution is 2.75. The summed E-state index contributed by atoms with van der Waals surface area (Å²) in [5.41, 5.74) is 1.99. The molecule has 0 saturated carbocycles. The van der Waals surface area contributed by atoms with Crippen molar-refractivity contribution in [2.75, 3.05) is 12.3 Å². The standard InChI is InChI=1S/C18H40P2/c1-7-11-13-15-19(16-14-12-8-2)20(17(5)9-3)18(6)10-4/h17-18H,7-16H2,1-6H3. The van der Waals surface area contributed by atoms with Gasteiger partial charge in [-0.05, 0) is 49.3 Å². The third-order valence-corrected chi connectivity index (χ3v) is 14.8. The maximum absolute atomic E-state index is 2.55. The minimum absolute atomic E-state index is 0.285.